The third-order valence-corrected chi connectivity index (χ3v) is 4.12. The first-order chi connectivity index (χ1) is 11.5. The molecule has 0 radical (unpaired) electrons. The molecule has 1 aromatic heterocycles. The summed E-state index contributed by atoms with van der Waals surface area (Å²) in [6.45, 7) is 4.14. The number of rotatable bonds is 3. The van der Waals surface area contributed by atoms with Crippen LogP contribution in [0.3, 0.4) is 0 Å². The van der Waals surface area contributed by atoms with Gasteiger partial charge in [0.25, 0.3) is 0 Å². The molecule has 0 bridgehead atoms. The summed E-state index contributed by atoms with van der Waals surface area (Å²) in [5.74, 6) is 1.61. The average Bonchev–Trinajstić information content (AvgIpc) is 2.54. The van der Waals surface area contributed by atoms with Crippen molar-refractivity contribution in [2.45, 2.75) is 31.9 Å². The minimum atomic E-state index is -0.291. The average molecular weight is 343 g/mol. The van der Waals surface area contributed by atoms with Gasteiger partial charge in [-0.25, -0.2) is 0 Å². The highest BCUT2D eigenvalue weighted by atomic mass is 32.1. The van der Waals surface area contributed by atoms with Crippen LogP contribution in [-0.2, 0) is 0 Å². The van der Waals surface area contributed by atoms with Gasteiger partial charge in [-0.05, 0) is 50.3 Å². The van der Waals surface area contributed by atoms with Crippen LogP contribution in [0.15, 0.2) is 42.7 Å². The van der Waals surface area contributed by atoms with Gasteiger partial charge in [-0.2, -0.15) is 0 Å². The summed E-state index contributed by atoms with van der Waals surface area (Å²) >= 11 is 5.45. The zero-order valence-electron chi connectivity index (χ0n) is 14.0. The SMILES string of the molecule is COc1ccc2c(c1)OC(C)(C)CC2NC(=S)Nc1cccnc1. The number of thiocarbonyl (C=S) groups is 1. The number of aromatic nitrogens is 1. The molecule has 5 nitrogen and oxygen atoms in total. The van der Waals surface area contributed by atoms with Crippen LogP contribution in [0.5, 0.6) is 11.5 Å². The van der Waals surface area contributed by atoms with E-state index >= 15 is 0 Å². The van der Waals surface area contributed by atoms with Crippen molar-refractivity contribution in [2.24, 2.45) is 0 Å². The van der Waals surface area contributed by atoms with Gasteiger partial charge >= 0.3 is 0 Å². The second-order valence-corrected chi connectivity index (χ2v) is 6.77. The lowest BCUT2D eigenvalue weighted by Crippen LogP contribution is -2.42. The Bertz CT molecular complexity index is 734. The second-order valence-electron chi connectivity index (χ2n) is 6.36. The van der Waals surface area contributed by atoms with Crippen molar-refractivity contribution in [1.82, 2.24) is 10.3 Å². The maximum atomic E-state index is 6.10. The molecule has 24 heavy (non-hydrogen) atoms. The fourth-order valence-electron chi connectivity index (χ4n) is 2.85. The van der Waals surface area contributed by atoms with Gasteiger partial charge in [-0.1, -0.05) is 0 Å². The largest absolute Gasteiger partial charge is 0.497 e. The van der Waals surface area contributed by atoms with E-state index in [0.29, 0.717) is 5.11 Å². The van der Waals surface area contributed by atoms with Crippen molar-refractivity contribution in [3.05, 3.63) is 48.3 Å². The summed E-state index contributed by atoms with van der Waals surface area (Å²) in [5.41, 5.74) is 1.64. The van der Waals surface area contributed by atoms with Crippen molar-refractivity contribution in [1.29, 1.82) is 0 Å². The highest BCUT2D eigenvalue weighted by molar-refractivity contribution is 7.80. The molecule has 1 aliphatic rings. The molecular weight excluding hydrogens is 322 g/mol. The third-order valence-electron chi connectivity index (χ3n) is 3.90. The van der Waals surface area contributed by atoms with Crippen molar-refractivity contribution in [3.63, 3.8) is 0 Å². The molecule has 0 aliphatic carbocycles. The number of benzene rings is 1. The molecule has 0 fully saturated rings. The minimum absolute atomic E-state index is 0.0614. The van der Waals surface area contributed by atoms with Gasteiger partial charge in [0, 0.05) is 24.2 Å². The van der Waals surface area contributed by atoms with E-state index in [1.807, 2.05) is 30.3 Å². The highest BCUT2D eigenvalue weighted by Gasteiger charge is 2.34. The predicted molar refractivity (Wildman–Crippen MR) is 98.7 cm³/mol. The zero-order valence-corrected chi connectivity index (χ0v) is 14.8. The molecule has 1 aliphatic heterocycles. The topological polar surface area (TPSA) is 55.4 Å². The molecule has 6 heteroatoms. The maximum Gasteiger partial charge on any atom is 0.171 e. The van der Waals surface area contributed by atoms with Gasteiger partial charge in [0.1, 0.15) is 17.1 Å². The van der Waals surface area contributed by atoms with E-state index in [1.54, 1.807) is 19.5 Å². The molecule has 1 unspecified atom stereocenters. The summed E-state index contributed by atoms with van der Waals surface area (Å²) in [6.07, 6.45) is 4.27. The Labute approximate surface area is 147 Å². The van der Waals surface area contributed by atoms with Crippen LogP contribution in [0.4, 0.5) is 5.69 Å². The monoisotopic (exact) mass is 343 g/mol. The van der Waals surface area contributed by atoms with Gasteiger partial charge in [0.2, 0.25) is 0 Å². The number of methoxy groups -OCH3 is 1. The molecule has 0 amide bonds. The summed E-state index contributed by atoms with van der Waals surface area (Å²) in [5, 5.41) is 7.11. The molecule has 2 N–H and O–H groups in total. The summed E-state index contributed by atoms with van der Waals surface area (Å²) in [6, 6.07) is 9.73. The molecule has 3 rings (SSSR count). The Morgan fingerprint density at radius 3 is 2.92 bits per heavy atom. The standard InChI is InChI=1S/C18H21N3O2S/c1-18(2)10-15(14-7-6-13(22-3)9-16(14)23-18)21-17(24)20-12-5-4-8-19-11-12/h4-9,11,15H,10H2,1-3H3,(H2,20,21,24). The number of ether oxygens (including phenoxy) is 2. The molecule has 1 aromatic carbocycles. The number of pyridine rings is 1. The van der Waals surface area contributed by atoms with E-state index in [9.17, 15) is 0 Å². The Balaban J connectivity index is 1.79. The fourth-order valence-corrected chi connectivity index (χ4v) is 3.11. The van der Waals surface area contributed by atoms with Crippen LogP contribution in [0.1, 0.15) is 31.9 Å². The quantitative estimate of drug-likeness (QED) is 0.829. The van der Waals surface area contributed by atoms with Crippen molar-refractivity contribution in [2.75, 3.05) is 12.4 Å². The molecule has 2 heterocycles. The Kier molecular flexibility index (Phi) is 4.57. The lowest BCUT2D eigenvalue weighted by molar-refractivity contribution is 0.0693. The normalized spacial score (nSPS) is 18.0. The Hall–Kier alpha value is -2.34. The van der Waals surface area contributed by atoms with Gasteiger partial charge in [-0.3, -0.25) is 4.98 Å². The van der Waals surface area contributed by atoms with Crippen LogP contribution in [0.25, 0.3) is 0 Å². The van der Waals surface area contributed by atoms with E-state index in [0.717, 1.165) is 29.2 Å². The van der Waals surface area contributed by atoms with E-state index in [1.165, 1.54) is 0 Å². The van der Waals surface area contributed by atoms with Crippen LogP contribution >= 0.6 is 12.2 Å². The lowest BCUT2D eigenvalue weighted by Gasteiger charge is -2.38. The molecule has 0 saturated heterocycles. The van der Waals surface area contributed by atoms with Crippen molar-refractivity contribution >= 4 is 23.0 Å². The second kappa shape index (κ2) is 6.65. The number of fused-ring (bicyclic) bond motifs is 1. The van der Waals surface area contributed by atoms with E-state index in [4.69, 9.17) is 21.7 Å². The molecular formula is C18H21N3O2S. The smallest absolute Gasteiger partial charge is 0.171 e. The number of hydrogen-bond donors (Lipinski definition) is 2. The van der Waals surface area contributed by atoms with Crippen molar-refractivity contribution < 1.29 is 9.47 Å². The minimum Gasteiger partial charge on any atom is -0.497 e. The van der Waals surface area contributed by atoms with Gasteiger partial charge < -0.3 is 20.1 Å². The Morgan fingerprint density at radius 1 is 1.38 bits per heavy atom. The molecule has 1 atom stereocenters. The summed E-state index contributed by atoms with van der Waals surface area (Å²) in [4.78, 5) is 4.08. The first-order valence-electron chi connectivity index (χ1n) is 7.81. The third kappa shape index (κ3) is 3.76. The fraction of sp³-hybridized carbons (Fsp3) is 0.333. The number of hydrogen-bond acceptors (Lipinski definition) is 4. The molecule has 0 saturated carbocycles. The number of nitrogens with one attached hydrogen (secondary N) is 2. The number of nitrogens with zero attached hydrogens (tertiary/aromatic N) is 1. The lowest BCUT2D eigenvalue weighted by atomic mass is 9.89. The first kappa shape index (κ1) is 16.5. The van der Waals surface area contributed by atoms with Gasteiger partial charge in [0.05, 0.1) is 25.0 Å². The first-order valence-corrected chi connectivity index (χ1v) is 8.22. The Morgan fingerprint density at radius 2 is 2.21 bits per heavy atom. The van der Waals surface area contributed by atoms with Crippen LogP contribution in [0, 0.1) is 0 Å². The zero-order chi connectivity index (χ0) is 17.2. The van der Waals surface area contributed by atoms with Crippen molar-refractivity contribution in [3.8, 4) is 11.5 Å². The van der Waals surface area contributed by atoms with Crippen LogP contribution < -0.4 is 20.1 Å². The number of anilines is 1. The van der Waals surface area contributed by atoms with Gasteiger partial charge in [0.15, 0.2) is 5.11 Å². The molecule has 126 valence electrons. The summed E-state index contributed by atoms with van der Waals surface area (Å²) < 4.78 is 11.4. The predicted octanol–water partition coefficient (Wildman–Crippen LogP) is 3.68. The van der Waals surface area contributed by atoms with E-state index < -0.39 is 0 Å². The van der Waals surface area contributed by atoms with Crippen LogP contribution in [0.2, 0.25) is 0 Å². The molecule has 0 spiro atoms. The van der Waals surface area contributed by atoms with Crippen LogP contribution in [-0.4, -0.2) is 22.8 Å². The van der Waals surface area contributed by atoms with E-state index in [2.05, 4.69) is 29.5 Å². The highest BCUT2D eigenvalue weighted by Crippen LogP contribution is 2.41. The maximum absolute atomic E-state index is 6.10. The van der Waals surface area contributed by atoms with E-state index in [-0.39, 0.29) is 11.6 Å². The van der Waals surface area contributed by atoms with Gasteiger partial charge in [-0.15, -0.1) is 0 Å². The summed E-state index contributed by atoms with van der Waals surface area (Å²) in [7, 11) is 1.65. The molecule has 2 aromatic rings.